The average Bonchev–Trinajstić information content (AvgIpc) is 2.32. The van der Waals surface area contributed by atoms with Gasteiger partial charge in [0, 0.05) is 5.41 Å². The summed E-state index contributed by atoms with van der Waals surface area (Å²) in [6.07, 6.45) is 5.92. The summed E-state index contributed by atoms with van der Waals surface area (Å²) in [6, 6.07) is 0. The van der Waals surface area contributed by atoms with Gasteiger partial charge in [-0.25, -0.2) is 0 Å². The summed E-state index contributed by atoms with van der Waals surface area (Å²) >= 11 is 0. The van der Waals surface area contributed by atoms with Crippen molar-refractivity contribution in [2.75, 3.05) is 0 Å². The van der Waals surface area contributed by atoms with Crippen molar-refractivity contribution in [1.82, 2.24) is 0 Å². The Morgan fingerprint density at radius 1 is 1.12 bits per heavy atom. The fourth-order valence-electron chi connectivity index (χ4n) is 2.17. The fraction of sp³-hybridized carbons (Fsp3) is 0.250. The predicted octanol–water partition coefficient (Wildman–Crippen LogP) is 4.75. The number of allylic oxidation sites excluding steroid dienone is 8. The Bertz CT molecular complexity index is 437. The molecule has 0 aliphatic heterocycles. The van der Waals surface area contributed by atoms with Crippen LogP contribution in [0.15, 0.2) is 72.4 Å². The quantitative estimate of drug-likeness (QED) is 0.619. The van der Waals surface area contributed by atoms with Crippen LogP contribution in [0, 0.1) is 5.41 Å². The Labute approximate surface area is 99.1 Å². The highest BCUT2D eigenvalue weighted by Crippen LogP contribution is 2.52. The smallest absolute Gasteiger partial charge is 0.0158 e. The second kappa shape index (κ2) is 4.13. The monoisotopic (exact) mass is 212 g/mol. The third kappa shape index (κ3) is 1.88. The van der Waals surface area contributed by atoms with E-state index < -0.39 is 0 Å². The maximum atomic E-state index is 4.11. The average molecular weight is 212 g/mol. The topological polar surface area (TPSA) is 0 Å². The number of hydrogen-bond donors (Lipinski definition) is 0. The van der Waals surface area contributed by atoms with Crippen molar-refractivity contribution in [1.29, 1.82) is 0 Å². The van der Waals surface area contributed by atoms with Gasteiger partial charge < -0.3 is 0 Å². The highest BCUT2D eigenvalue weighted by Gasteiger charge is 2.38. The molecule has 0 aromatic rings. The van der Waals surface area contributed by atoms with Crippen molar-refractivity contribution in [3.63, 3.8) is 0 Å². The van der Waals surface area contributed by atoms with Crippen LogP contribution in [0.25, 0.3) is 0 Å². The summed E-state index contributed by atoms with van der Waals surface area (Å²) in [5.74, 6) is 0. The molecule has 84 valence electrons. The molecule has 1 saturated carbocycles. The molecule has 0 heterocycles. The van der Waals surface area contributed by atoms with Crippen molar-refractivity contribution < 1.29 is 0 Å². The van der Waals surface area contributed by atoms with Crippen molar-refractivity contribution in [2.24, 2.45) is 5.41 Å². The minimum Gasteiger partial charge on any atom is -0.0991 e. The Balaban J connectivity index is 3.42. The van der Waals surface area contributed by atoms with Crippen LogP contribution in [0.5, 0.6) is 0 Å². The van der Waals surface area contributed by atoms with E-state index in [1.807, 2.05) is 13.0 Å². The lowest BCUT2D eigenvalue weighted by Crippen LogP contribution is -2.11. The molecular formula is C16H20. The molecule has 0 radical (unpaired) electrons. The van der Waals surface area contributed by atoms with E-state index in [1.165, 1.54) is 11.1 Å². The van der Waals surface area contributed by atoms with Crippen LogP contribution < -0.4 is 0 Å². The molecule has 1 rings (SSSR count). The third-order valence-electron chi connectivity index (χ3n) is 3.04. The van der Waals surface area contributed by atoms with E-state index in [0.29, 0.717) is 0 Å². The lowest BCUT2D eigenvalue weighted by Gasteiger charge is -2.22. The van der Waals surface area contributed by atoms with Gasteiger partial charge in [-0.15, -0.1) is 0 Å². The van der Waals surface area contributed by atoms with Gasteiger partial charge in [0.15, 0.2) is 0 Å². The molecule has 1 aliphatic carbocycles. The predicted molar refractivity (Wildman–Crippen MR) is 73.2 cm³/mol. The van der Waals surface area contributed by atoms with Gasteiger partial charge >= 0.3 is 0 Å². The third-order valence-corrected chi connectivity index (χ3v) is 3.04. The van der Waals surface area contributed by atoms with Crippen LogP contribution in [-0.2, 0) is 0 Å². The molecule has 1 fully saturated rings. The van der Waals surface area contributed by atoms with Gasteiger partial charge in [-0.1, -0.05) is 64.0 Å². The first-order valence-corrected chi connectivity index (χ1v) is 5.42. The molecule has 0 N–H and O–H groups in total. The minimum atomic E-state index is -0.0543. The molecule has 0 aromatic carbocycles. The maximum Gasteiger partial charge on any atom is 0.0158 e. The van der Waals surface area contributed by atoms with Gasteiger partial charge in [-0.3, -0.25) is 0 Å². The highest BCUT2D eigenvalue weighted by atomic mass is 14.4. The van der Waals surface area contributed by atoms with Crippen LogP contribution in [0.3, 0.4) is 0 Å². The van der Waals surface area contributed by atoms with Crippen molar-refractivity contribution >= 4 is 0 Å². The van der Waals surface area contributed by atoms with E-state index in [-0.39, 0.29) is 5.41 Å². The largest absolute Gasteiger partial charge is 0.0991 e. The standard InChI is InChI=1S/C16H20/c1-8-9-14-12(4)13(5)15(10-11(2)3)16(14,6)7/h8-10H,1-2,4-5H2,3,6-7H3/b14-9+,15-10+. The molecule has 16 heavy (non-hydrogen) atoms. The van der Waals surface area contributed by atoms with Gasteiger partial charge in [0.2, 0.25) is 0 Å². The lowest BCUT2D eigenvalue weighted by atomic mass is 9.81. The molecule has 0 unspecified atom stereocenters. The zero-order chi connectivity index (χ0) is 12.5. The molecule has 0 bridgehead atoms. The van der Waals surface area contributed by atoms with E-state index in [0.717, 1.165) is 16.7 Å². The van der Waals surface area contributed by atoms with E-state index in [1.54, 1.807) is 6.08 Å². The van der Waals surface area contributed by atoms with E-state index >= 15 is 0 Å². The van der Waals surface area contributed by atoms with E-state index in [9.17, 15) is 0 Å². The summed E-state index contributed by atoms with van der Waals surface area (Å²) in [5.41, 5.74) is 5.41. The van der Waals surface area contributed by atoms with E-state index in [4.69, 9.17) is 0 Å². The number of rotatable bonds is 2. The van der Waals surface area contributed by atoms with Gasteiger partial charge in [-0.2, -0.15) is 0 Å². The van der Waals surface area contributed by atoms with Crippen molar-refractivity contribution in [2.45, 2.75) is 20.8 Å². The highest BCUT2D eigenvalue weighted by molar-refractivity contribution is 5.68. The second-order valence-electron chi connectivity index (χ2n) is 4.80. The van der Waals surface area contributed by atoms with Gasteiger partial charge in [0.25, 0.3) is 0 Å². The van der Waals surface area contributed by atoms with Gasteiger partial charge in [0.1, 0.15) is 0 Å². The normalized spacial score (nSPS) is 24.2. The van der Waals surface area contributed by atoms with E-state index in [2.05, 4.69) is 46.2 Å². The summed E-state index contributed by atoms with van der Waals surface area (Å²) in [7, 11) is 0. The van der Waals surface area contributed by atoms with Gasteiger partial charge in [-0.05, 0) is 29.2 Å². The Morgan fingerprint density at radius 2 is 1.62 bits per heavy atom. The molecule has 0 saturated heterocycles. The first kappa shape index (κ1) is 12.5. The summed E-state index contributed by atoms with van der Waals surface area (Å²) in [4.78, 5) is 0. The maximum absolute atomic E-state index is 4.11. The summed E-state index contributed by atoms with van der Waals surface area (Å²) in [5, 5.41) is 0. The van der Waals surface area contributed by atoms with Crippen molar-refractivity contribution in [3.05, 3.63) is 72.4 Å². The molecular weight excluding hydrogens is 192 g/mol. The second-order valence-corrected chi connectivity index (χ2v) is 4.80. The SMILES string of the molecule is C=C/C=C1\C(=C)C(=C)/C(=C\C(=C)C)C1(C)C. The first-order valence-electron chi connectivity index (χ1n) is 5.42. The Morgan fingerprint density at radius 3 is 2.06 bits per heavy atom. The molecule has 0 spiro atoms. The summed E-state index contributed by atoms with van der Waals surface area (Å²) in [6.45, 7) is 22.3. The first-order chi connectivity index (χ1) is 7.32. The van der Waals surface area contributed by atoms with Crippen LogP contribution >= 0.6 is 0 Å². The summed E-state index contributed by atoms with van der Waals surface area (Å²) < 4.78 is 0. The molecule has 1 aliphatic rings. The van der Waals surface area contributed by atoms with Crippen LogP contribution in [0.4, 0.5) is 0 Å². The fourth-order valence-corrected chi connectivity index (χ4v) is 2.17. The zero-order valence-corrected chi connectivity index (χ0v) is 10.6. The molecule has 0 aromatic heterocycles. The van der Waals surface area contributed by atoms with Crippen molar-refractivity contribution in [3.8, 4) is 0 Å². The molecule has 0 amide bonds. The Hall–Kier alpha value is -1.56. The molecule has 0 heteroatoms. The number of hydrogen-bond acceptors (Lipinski definition) is 0. The van der Waals surface area contributed by atoms with Crippen LogP contribution in [0.2, 0.25) is 0 Å². The van der Waals surface area contributed by atoms with Crippen LogP contribution in [0.1, 0.15) is 20.8 Å². The zero-order valence-electron chi connectivity index (χ0n) is 10.6. The lowest BCUT2D eigenvalue weighted by molar-refractivity contribution is 0.583. The minimum absolute atomic E-state index is 0.0543. The van der Waals surface area contributed by atoms with Crippen LogP contribution in [-0.4, -0.2) is 0 Å². The van der Waals surface area contributed by atoms with Gasteiger partial charge in [0.05, 0.1) is 0 Å². The Kier molecular flexibility index (Phi) is 3.23. The molecule has 0 nitrogen and oxygen atoms in total. The molecule has 0 atom stereocenters.